The molecule has 1 aromatic rings. The van der Waals surface area contributed by atoms with Crippen molar-refractivity contribution in [2.75, 3.05) is 0 Å². The van der Waals surface area contributed by atoms with E-state index in [-0.39, 0.29) is 5.41 Å². The Bertz CT molecular complexity index is 423. The molecule has 1 heterocycles. The highest BCUT2D eigenvalue weighted by atomic mass is 32.1. The highest BCUT2D eigenvalue weighted by molar-refractivity contribution is 7.09. The molecular weight excluding hydrogens is 248 g/mol. The van der Waals surface area contributed by atoms with E-state index in [4.69, 9.17) is 5.11 Å². The van der Waals surface area contributed by atoms with Crippen molar-refractivity contribution >= 4 is 17.3 Å². The number of carboxylic acid groups (broad SMARTS) is 1. The first kappa shape index (κ1) is 15.1. The molecule has 1 aromatic heterocycles. The summed E-state index contributed by atoms with van der Waals surface area (Å²) >= 11 is 1.62. The molecule has 1 rings (SSSR count). The van der Waals surface area contributed by atoms with Crippen molar-refractivity contribution in [1.82, 2.24) is 10.3 Å². The maximum absolute atomic E-state index is 11.2. The van der Waals surface area contributed by atoms with Crippen LogP contribution >= 0.6 is 11.3 Å². The molecule has 0 saturated carbocycles. The minimum absolute atomic E-state index is 0.0454. The Kier molecular flexibility index (Phi) is 4.50. The molecular formula is C13H22N2O2S. The van der Waals surface area contributed by atoms with Gasteiger partial charge in [-0.2, -0.15) is 0 Å². The fourth-order valence-electron chi connectivity index (χ4n) is 1.37. The van der Waals surface area contributed by atoms with Crippen molar-refractivity contribution in [2.24, 2.45) is 0 Å². The largest absolute Gasteiger partial charge is 0.480 e. The molecule has 0 spiro atoms. The van der Waals surface area contributed by atoms with Crippen molar-refractivity contribution in [3.05, 3.63) is 16.1 Å². The van der Waals surface area contributed by atoms with Gasteiger partial charge in [0.1, 0.15) is 5.54 Å². The summed E-state index contributed by atoms with van der Waals surface area (Å²) in [5.41, 5.74) is 0.0702. The number of rotatable bonds is 5. The molecule has 2 N–H and O–H groups in total. The highest BCUT2D eigenvalue weighted by Gasteiger charge is 2.30. The summed E-state index contributed by atoms with van der Waals surface area (Å²) in [5, 5.41) is 15.3. The van der Waals surface area contributed by atoms with E-state index in [1.165, 1.54) is 0 Å². The zero-order chi connectivity index (χ0) is 14.0. The standard InChI is InChI=1S/C13H22N2O2S/c1-6-13(5,11(16)17)14-7-9-8-18-10(15-9)12(2,3)4/h8,14H,6-7H2,1-5H3,(H,16,17). The second kappa shape index (κ2) is 5.36. The van der Waals surface area contributed by atoms with Crippen LogP contribution in [-0.2, 0) is 16.8 Å². The van der Waals surface area contributed by atoms with Crippen LogP contribution in [0.2, 0.25) is 0 Å². The Hall–Kier alpha value is -0.940. The maximum Gasteiger partial charge on any atom is 0.323 e. The number of carboxylic acids is 1. The van der Waals surface area contributed by atoms with Crippen LogP contribution in [0, 0.1) is 0 Å². The Morgan fingerprint density at radius 3 is 2.44 bits per heavy atom. The van der Waals surface area contributed by atoms with Crippen LogP contribution in [0.5, 0.6) is 0 Å². The van der Waals surface area contributed by atoms with Crippen LogP contribution in [0.25, 0.3) is 0 Å². The molecule has 0 bridgehead atoms. The number of aromatic nitrogens is 1. The first-order chi connectivity index (χ1) is 8.19. The van der Waals surface area contributed by atoms with E-state index in [1.54, 1.807) is 18.3 Å². The summed E-state index contributed by atoms with van der Waals surface area (Å²) in [6, 6.07) is 0. The van der Waals surface area contributed by atoms with E-state index in [9.17, 15) is 4.79 Å². The van der Waals surface area contributed by atoms with E-state index < -0.39 is 11.5 Å². The number of carbonyl (C=O) groups is 1. The van der Waals surface area contributed by atoms with Crippen molar-refractivity contribution in [2.45, 2.75) is 58.5 Å². The molecule has 0 aliphatic rings. The zero-order valence-electron chi connectivity index (χ0n) is 11.7. The summed E-state index contributed by atoms with van der Waals surface area (Å²) in [6.45, 7) is 10.4. The van der Waals surface area contributed by atoms with Gasteiger partial charge in [0.15, 0.2) is 0 Å². The Labute approximate surface area is 112 Å². The van der Waals surface area contributed by atoms with Crippen LogP contribution in [0.1, 0.15) is 51.7 Å². The average molecular weight is 270 g/mol. The lowest BCUT2D eigenvalue weighted by atomic mass is 9.98. The van der Waals surface area contributed by atoms with Crippen molar-refractivity contribution in [3.63, 3.8) is 0 Å². The second-order valence-electron chi connectivity index (χ2n) is 5.74. The zero-order valence-corrected chi connectivity index (χ0v) is 12.5. The van der Waals surface area contributed by atoms with Crippen molar-refractivity contribution in [3.8, 4) is 0 Å². The van der Waals surface area contributed by atoms with Gasteiger partial charge in [-0.05, 0) is 13.3 Å². The second-order valence-corrected chi connectivity index (χ2v) is 6.60. The van der Waals surface area contributed by atoms with Crippen LogP contribution in [0.15, 0.2) is 5.38 Å². The molecule has 0 fully saturated rings. The van der Waals surface area contributed by atoms with E-state index in [2.05, 4.69) is 31.1 Å². The van der Waals surface area contributed by atoms with E-state index in [1.807, 2.05) is 12.3 Å². The van der Waals surface area contributed by atoms with Gasteiger partial charge < -0.3 is 5.11 Å². The minimum Gasteiger partial charge on any atom is -0.480 e. The molecule has 0 saturated heterocycles. The summed E-state index contributed by atoms with van der Waals surface area (Å²) < 4.78 is 0. The number of aliphatic carboxylic acids is 1. The lowest BCUT2D eigenvalue weighted by Gasteiger charge is -2.24. The Balaban J connectivity index is 2.70. The van der Waals surface area contributed by atoms with Gasteiger partial charge in [-0.25, -0.2) is 4.98 Å². The monoisotopic (exact) mass is 270 g/mol. The smallest absolute Gasteiger partial charge is 0.323 e. The van der Waals surface area contributed by atoms with Gasteiger partial charge >= 0.3 is 5.97 Å². The molecule has 0 radical (unpaired) electrons. The molecule has 4 nitrogen and oxygen atoms in total. The first-order valence-corrected chi connectivity index (χ1v) is 7.00. The third-order valence-corrected chi connectivity index (χ3v) is 4.35. The molecule has 1 unspecified atom stereocenters. The topological polar surface area (TPSA) is 62.2 Å². The van der Waals surface area contributed by atoms with Crippen molar-refractivity contribution < 1.29 is 9.90 Å². The highest BCUT2D eigenvalue weighted by Crippen LogP contribution is 2.25. The van der Waals surface area contributed by atoms with E-state index in [0.29, 0.717) is 13.0 Å². The number of nitrogens with one attached hydrogen (secondary N) is 1. The van der Waals surface area contributed by atoms with Gasteiger partial charge in [-0.3, -0.25) is 10.1 Å². The average Bonchev–Trinajstić information content (AvgIpc) is 2.73. The van der Waals surface area contributed by atoms with Gasteiger partial charge in [0.2, 0.25) is 0 Å². The molecule has 0 amide bonds. The van der Waals surface area contributed by atoms with Crippen LogP contribution < -0.4 is 5.32 Å². The fraction of sp³-hybridized carbons (Fsp3) is 0.692. The summed E-state index contributed by atoms with van der Waals surface area (Å²) in [7, 11) is 0. The normalized spacial score (nSPS) is 15.4. The van der Waals surface area contributed by atoms with Crippen LogP contribution in [-0.4, -0.2) is 21.6 Å². The summed E-state index contributed by atoms with van der Waals surface area (Å²) in [6.07, 6.45) is 0.540. The quantitative estimate of drug-likeness (QED) is 0.863. The van der Waals surface area contributed by atoms with Gasteiger partial charge in [0.25, 0.3) is 0 Å². The Morgan fingerprint density at radius 1 is 1.44 bits per heavy atom. The molecule has 1 atom stereocenters. The lowest BCUT2D eigenvalue weighted by molar-refractivity contribution is -0.144. The first-order valence-electron chi connectivity index (χ1n) is 6.12. The van der Waals surface area contributed by atoms with E-state index >= 15 is 0 Å². The summed E-state index contributed by atoms with van der Waals surface area (Å²) in [4.78, 5) is 15.7. The predicted molar refractivity (Wildman–Crippen MR) is 74.0 cm³/mol. The number of hydrogen-bond acceptors (Lipinski definition) is 4. The third-order valence-electron chi connectivity index (χ3n) is 3.03. The van der Waals surface area contributed by atoms with E-state index in [0.717, 1.165) is 10.7 Å². The molecule has 18 heavy (non-hydrogen) atoms. The molecule has 0 aliphatic carbocycles. The van der Waals surface area contributed by atoms with Gasteiger partial charge in [0, 0.05) is 17.3 Å². The molecule has 102 valence electrons. The number of thiazole rings is 1. The van der Waals surface area contributed by atoms with Crippen molar-refractivity contribution in [1.29, 1.82) is 0 Å². The van der Waals surface area contributed by atoms with Gasteiger partial charge in [-0.15, -0.1) is 11.3 Å². The predicted octanol–water partition coefficient (Wildman–Crippen LogP) is 2.78. The number of nitrogens with zero attached hydrogens (tertiary/aromatic N) is 1. The third kappa shape index (κ3) is 3.53. The minimum atomic E-state index is -0.883. The van der Waals surface area contributed by atoms with Gasteiger partial charge in [-0.1, -0.05) is 27.7 Å². The van der Waals surface area contributed by atoms with Crippen LogP contribution in [0.3, 0.4) is 0 Å². The van der Waals surface area contributed by atoms with Crippen LogP contribution in [0.4, 0.5) is 0 Å². The SMILES string of the molecule is CCC(C)(NCc1csc(C(C)(C)C)n1)C(=O)O. The molecule has 0 aromatic carbocycles. The molecule has 5 heteroatoms. The summed E-state index contributed by atoms with van der Waals surface area (Å²) in [5.74, 6) is -0.823. The fourth-order valence-corrected chi connectivity index (χ4v) is 2.28. The Morgan fingerprint density at radius 2 is 2.06 bits per heavy atom. The molecule has 0 aliphatic heterocycles. The number of hydrogen-bond donors (Lipinski definition) is 2. The maximum atomic E-state index is 11.2. The lowest BCUT2D eigenvalue weighted by Crippen LogP contribution is -2.48. The van der Waals surface area contributed by atoms with Gasteiger partial charge in [0.05, 0.1) is 10.7 Å².